The first-order valence-corrected chi connectivity index (χ1v) is 7.28. The fraction of sp³-hybridized carbons (Fsp3) is 0.188. The largest absolute Gasteiger partial charge is 0.338 e. The number of rotatable bonds is 4. The van der Waals surface area contributed by atoms with Gasteiger partial charge in [-0.3, -0.25) is 9.20 Å². The molecule has 3 rings (SSSR count). The van der Waals surface area contributed by atoms with Crippen LogP contribution in [0.5, 0.6) is 0 Å². The average Bonchev–Trinajstić information content (AvgIpc) is 2.93. The summed E-state index contributed by atoms with van der Waals surface area (Å²) in [6.45, 7) is 0.414. The third kappa shape index (κ3) is 3.09. The standard InChI is InChI=1S/C16H15ClN4O/c1-20(16(22)10-12-5-7-13(17)8-6-12)11-15-19-18-14-4-2-3-9-21(14)15/h2-9H,10-11H2,1H3. The van der Waals surface area contributed by atoms with Crippen LogP contribution in [0, 0.1) is 0 Å². The number of carbonyl (C=O) groups excluding carboxylic acids is 1. The van der Waals surface area contributed by atoms with Crippen molar-refractivity contribution in [1.82, 2.24) is 19.5 Å². The van der Waals surface area contributed by atoms with E-state index in [4.69, 9.17) is 11.6 Å². The summed E-state index contributed by atoms with van der Waals surface area (Å²) in [4.78, 5) is 13.9. The Morgan fingerprint density at radius 3 is 2.73 bits per heavy atom. The van der Waals surface area contributed by atoms with Crippen molar-refractivity contribution in [2.45, 2.75) is 13.0 Å². The fourth-order valence-corrected chi connectivity index (χ4v) is 2.34. The second-order valence-corrected chi connectivity index (χ2v) is 5.53. The lowest BCUT2D eigenvalue weighted by Crippen LogP contribution is -2.28. The highest BCUT2D eigenvalue weighted by atomic mass is 35.5. The molecule has 0 saturated carbocycles. The molecule has 0 atom stereocenters. The molecule has 0 aliphatic carbocycles. The van der Waals surface area contributed by atoms with Crippen molar-refractivity contribution >= 4 is 23.2 Å². The van der Waals surface area contributed by atoms with Crippen molar-refractivity contribution < 1.29 is 4.79 Å². The van der Waals surface area contributed by atoms with Crippen LogP contribution in [-0.4, -0.2) is 32.5 Å². The van der Waals surface area contributed by atoms with Gasteiger partial charge in [0.25, 0.3) is 0 Å². The van der Waals surface area contributed by atoms with Gasteiger partial charge in [-0.05, 0) is 29.8 Å². The van der Waals surface area contributed by atoms with Gasteiger partial charge in [-0.2, -0.15) is 0 Å². The highest BCUT2D eigenvalue weighted by Crippen LogP contribution is 2.11. The number of fused-ring (bicyclic) bond motifs is 1. The van der Waals surface area contributed by atoms with Crippen LogP contribution in [-0.2, 0) is 17.8 Å². The molecule has 2 aromatic heterocycles. The number of aromatic nitrogens is 3. The van der Waals surface area contributed by atoms with Gasteiger partial charge in [0.15, 0.2) is 11.5 Å². The molecule has 0 aliphatic heterocycles. The summed E-state index contributed by atoms with van der Waals surface area (Å²) in [5, 5.41) is 8.89. The van der Waals surface area contributed by atoms with Gasteiger partial charge in [0.05, 0.1) is 13.0 Å². The number of likely N-dealkylation sites (N-methyl/N-ethyl adjacent to an activating group) is 1. The van der Waals surface area contributed by atoms with Crippen molar-refractivity contribution in [3.63, 3.8) is 0 Å². The highest BCUT2D eigenvalue weighted by molar-refractivity contribution is 6.30. The number of amides is 1. The van der Waals surface area contributed by atoms with E-state index in [1.165, 1.54) is 0 Å². The summed E-state index contributed by atoms with van der Waals surface area (Å²) in [6.07, 6.45) is 2.23. The van der Waals surface area contributed by atoms with Crippen molar-refractivity contribution in [1.29, 1.82) is 0 Å². The Morgan fingerprint density at radius 1 is 1.18 bits per heavy atom. The molecule has 0 saturated heterocycles. The molecule has 0 unspecified atom stereocenters. The molecule has 5 nitrogen and oxygen atoms in total. The zero-order valence-electron chi connectivity index (χ0n) is 12.1. The second kappa shape index (κ2) is 6.15. The third-order valence-corrected chi connectivity index (χ3v) is 3.71. The Morgan fingerprint density at radius 2 is 1.95 bits per heavy atom. The lowest BCUT2D eigenvalue weighted by molar-refractivity contribution is -0.129. The van der Waals surface area contributed by atoms with E-state index in [-0.39, 0.29) is 5.91 Å². The van der Waals surface area contributed by atoms with Gasteiger partial charge in [0.2, 0.25) is 5.91 Å². The van der Waals surface area contributed by atoms with Gasteiger partial charge in [-0.15, -0.1) is 10.2 Å². The smallest absolute Gasteiger partial charge is 0.227 e. The fourth-order valence-electron chi connectivity index (χ4n) is 2.21. The molecule has 2 heterocycles. The molecule has 6 heteroatoms. The maximum Gasteiger partial charge on any atom is 0.227 e. The number of hydrogen-bond donors (Lipinski definition) is 0. The first-order valence-electron chi connectivity index (χ1n) is 6.90. The van der Waals surface area contributed by atoms with Crippen LogP contribution in [0.3, 0.4) is 0 Å². The van der Waals surface area contributed by atoms with Gasteiger partial charge in [0, 0.05) is 18.3 Å². The Balaban J connectivity index is 1.69. The van der Waals surface area contributed by atoms with Gasteiger partial charge >= 0.3 is 0 Å². The number of benzene rings is 1. The summed E-state index contributed by atoms with van der Waals surface area (Å²) < 4.78 is 1.88. The van der Waals surface area contributed by atoms with Gasteiger partial charge in [0.1, 0.15) is 0 Å². The molecule has 3 aromatic rings. The summed E-state index contributed by atoms with van der Waals surface area (Å²) in [5.41, 5.74) is 1.71. The summed E-state index contributed by atoms with van der Waals surface area (Å²) in [6, 6.07) is 13.0. The van der Waals surface area contributed by atoms with E-state index < -0.39 is 0 Å². The molecule has 0 spiro atoms. The molecule has 1 aromatic carbocycles. The molecular formula is C16H15ClN4O. The van der Waals surface area contributed by atoms with Crippen molar-refractivity contribution in [2.75, 3.05) is 7.05 Å². The quantitative estimate of drug-likeness (QED) is 0.743. The molecule has 1 amide bonds. The van der Waals surface area contributed by atoms with Gasteiger partial charge in [-0.1, -0.05) is 29.8 Å². The number of nitrogens with zero attached hydrogens (tertiary/aromatic N) is 4. The number of carbonyl (C=O) groups is 1. The zero-order valence-corrected chi connectivity index (χ0v) is 12.9. The van der Waals surface area contributed by atoms with E-state index in [0.29, 0.717) is 18.0 Å². The molecule has 0 fully saturated rings. The minimum absolute atomic E-state index is 0.0232. The van der Waals surface area contributed by atoms with Crippen LogP contribution >= 0.6 is 11.6 Å². The third-order valence-electron chi connectivity index (χ3n) is 3.46. The number of halogens is 1. The Kier molecular flexibility index (Phi) is 4.06. The first-order chi connectivity index (χ1) is 10.6. The van der Waals surface area contributed by atoms with Crippen LogP contribution in [0.25, 0.3) is 5.65 Å². The van der Waals surface area contributed by atoms with Gasteiger partial charge < -0.3 is 4.90 Å². The molecule has 0 N–H and O–H groups in total. The normalized spacial score (nSPS) is 10.8. The van der Waals surface area contributed by atoms with E-state index in [2.05, 4.69) is 10.2 Å². The topological polar surface area (TPSA) is 50.5 Å². The van der Waals surface area contributed by atoms with E-state index in [1.54, 1.807) is 24.1 Å². The average molecular weight is 315 g/mol. The monoisotopic (exact) mass is 314 g/mol. The van der Waals surface area contributed by atoms with Gasteiger partial charge in [-0.25, -0.2) is 0 Å². The highest BCUT2D eigenvalue weighted by Gasteiger charge is 2.13. The van der Waals surface area contributed by atoms with E-state index in [1.807, 2.05) is 40.9 Å². The summed E-state index contributed by atoms with van der Waals surface area (Å²) >= 11 is 5.85. The van der Waals surface area contributed by atoms with Crippen LogP contribution in [0.4, 0.5) is 0 Å². The van der Waals surface area contributed by atoms with Crippen molar-refractivity contribution in [2.24, 2.45) is 0 Å². The predicted octanol–water partition coefficient (Wildman–Crippen LogP) is 2.58. The number of hydrogen-bond acceptors (Lipinski definition) is 3. The van der Waals surface area contributed by atoms with Crippen molar-refractivity contribution in [3.8, 4) is 0 Å². The molecule has 22 heavy (non-hydrogen) atoms. The van der Waals surface area contributed by atoms with Crippen LogP contribution in [0.2, 0.25) is 5.02 Å². The SMILES string of the molecule is CN(Cc1nnc2ccccn12)C(=O)Cc1ccc(Cl)cc1. The van der Waals surface area contributed by atoms with E-state index in [0.717, 1.165) is 17.0 Å². The molecule has 112 valence electrons. The molecule has 0 radical (unpaired) electrons. The van der Waals surface area contributed by atoms with Crippen LogP contribution in [0.1, 0.15) is 11.4 Å². The van der Waals surface area contributed by atoms with Crippen LogP contribution in [0.15, 0.2) is 48.7 Å². The Bertz CT molecular complexity index is 797. The minimum atomic E-state index is 0.0232. The zero-order chi connectivity index (χ0) is 15.5. The number of pyridine rings is 1. The Labute approximate surface area is 133 Å². The van der Waals surface area contributed by atoms with Crippen molar-refractivity contribution in [3.05, 3.63) is 65.1 Å². The minimum Gasteiger partial charge on any atom is -0.338 e. The Hall–Kier alpha value is -2.40. The lowest BCUT2D eigenvalue weighted by Gasteiger charge is -2.16. The molecule has 0 bridgehead atoms. The molecular weight excluding hydrogens is 300 g/mol. The maximum absolute atomic E-state index is 12.3. The maximum atomic E-state index is 12.3. The first kappa shape index (κ1) is 14.5. The lowest BCUT2D eigenvalue weighted by atomic mass is 10.1. The van der Waals surface area contributed by atoms with Crippen LogP contribution < -0.4 is 0 Å². The van der Waals surface area contributed by atoms with E-state index >= 15 is 0 Å². The second-order valence-electron chi connectivity index (χ2n) is 5.10. The molecule has 0 aliphatic rings. The summed E-state index contributed by atoms with van der Waals surface area (Å²) in [5.74, 6) is 0.762. The predicted molar refractivity (Wildman–Crippen MR) is 84.6 cm³/mol. The van der Waals surface area contributed by atoms with E-state index in [9.17, 15) is 4.79 Å². The summed E-state index contributed by atoms with van der Waals surface area (Å²) in [7, 11) is 1.77.